The molecule has 154 valence electrons. The molecule has 0 radical (unpaired) electrons. The molecule has 6 nitrogen and oxygen atoms in total. The maximum Gasteiger partial charge on any atom is 0.220 e. The van der Waals surface area contributed by atoms with Gasteiger partial charge in [0.1, 0.15) is 23.3 Å². The van der Waals surface area contributed by atoms with Crippen molar-refractivity contribution < 1.29 is 9.18 Å². The Hall–Kier alpha value is -3.37. The Morgan fingerprint density at radius 2 is 1.87 bits per heavy atom. The number of nitrogens with zero attached hydrogens (tertiary/aromatic N) is 3. The van der Waals surface area contributed by atoms with Crippen LogP contribution in [0, 0.1) is 17.1 Å². The summed E-state index contributed by atoms with van der Waals surface area (Å²) in [5, 5.41) is 17.4. The first-order valence-electron chi connectivity index (χ1n) is 9.52. The lowest BCUT2D eigenvalue weighted by molar-refractivity contribution is -0.121. The van der Waals surface area contributed by atoms with Crippen molar-refractivity contribution in [3.8, 4) is 11.8 Å². The molecule has 0 unspecified atom stereocenters. The number of carbonyl (C=O) groups excluding carboxylic acids is 1. The van der Waals surface area contributed by atoms with Crippen molar-refractivity contribution in [2.24, 2.45) is 0 Å². The van der Waals surface area contributed by atoms with Crippen LogP contribution in [-0.2, 0) is 17.6 Å². The summed E-state index contributed by atoms with van der Waals surface area (Å²) in [6, 6.07) is 15.2. The number of rotatable bonds is 8. The average molecular weight is 426 g/mol. The van der Waals surface area contributed by atoms with E-state index in [1.807, 2.05) is 12.1 Å². The highest BCUT2D eigenvalue weighted by molar-refractivity contribution is 6.30. The number of nitrogen functional groups attached to an aromatic ring is 1. The largest absolute Gasteiger partial charge is 0.382 e. The first-order chi connectivity index (χ1) is 14.5. The summed E-state index contributed by atoms with van der Waals surface area (Å²) >= 11 is 5.85. The maximum absolute atomic E-state index is 13.1. The van der Waals surface area contributed by atoms with Crippen molar-refractivity contribution in [1.29, 1.82) is 5.26 Å². The molecule has 30 heavy (non-hydrogen) atoms. The number of anilines is 1. The van der Waals surface area contributed by atoms with Crippen LogP contribution in [0.5, 0.6) is 0 Å². The van der Waals surface area contributed by atoms with Gasteiger partial charge in [0, 0.05) is 18.0 Å². The van der Waals surface area contributed by atoms with Gasteiger partial charge in [-0.1, -0.05) is 23.7 Å². The zero-order valence-corrected chi connectivity index (χ0v) is 17.0. The van der Waals surface area contributed by atoms with Crippen LogP contribution < -0.4 is 11.1 Å². The first kappa shape index (κ1) is 21.3. The third-order valence-electron chi connectivity index (χ3n) is 4.64. The van der Waals surface area contributed by atoms with Crippen LogP contribution in [0.25, 0.3) is 5.69 Å². The number of aryl methyl sites for hydroxylation is 2. The zero-order chi connectivity index (χ0) is 21.5. The quantitative estimate of drug-likeness (QED) is 0.536. The Morgan fingerprint density at radius 3 is 2.53 bits per heavy atom. The summed E-state index contributed by atoms with van der Waals surface area (Å²) in [6.07, 6.45) is 2.12. The minimum Gasteiger partial charge on any atom is -0.382 e. The predicted molar refractivity (Wildman–Crippen MR) is 114 cm³/mol. The Labute approximate surface area is 179 Å². The Balaban J connectivity index is 1.51. The van der Waals surface area contributed by atoms with Crippen molar-refractivity contribution in [1.82, 2.24) is 15.1 Å². The van der Waals surface area contributed by atoms with Crippen LogP contribution in [-0.4, -0.2) is 22.2 Å². The summed E-state index contributed by atoms with van der Waals surface area (Å²) in [7, 11) is 0. The number of nitriles is 1. The fraction of sp³-hybridized carbons (Fsp3) is 0.227. The highest BCUT2D eigenvalue weighted by Crippen LogP contribution is 2.21. The molecule has 0 aliphatic heterocycles. The second kappa shape index (κ2) is 9.90. The van der Waals surface area contributed by atoms with Crippen LogP contribution >= 0.6 is 11.6 Å². The summed E-state index contributed by atoms with van der Waals surface area (Å²) in [5.41, 5.74) is 8.52. The lowest BCUT2D eigenvalue weighted by atomic mass is 10.1. The number of benzene rings is 2. The molecule has 1 heterocycles. The third-order valence-corrected chi connectivity index (χ3v) is 4.90. The molecule has 3 aromatic rings. The molecule has 0 aliphatic rings. The second-order valence-electron chi connectivity index (χ2n) is 6.79. The van der Waals surface area contributed by atoms with E-state index in [2.05, 4.69) is 16.5 Å². The van der Waals surface area contributed by atoms with Gasteiger partial charge in [0.15, 0.2) is 0 Å². The van der Waals surface area contributed by atoms with E-state index in [1.165, 1.54) is 16.8 Å². The van der Waals surface area contributed by atoms with Crippen molar-refractivity contribution in [3.05, 3.63) is 76.2 Å². The van der Waals surface area contributed by atoms with Gasteiger partial charge in [0.05, 0.1) is 11.4 Å². The molecule has 3 rings (SSSR count). The number of amides is 1. The second-order valence-corrected chi connectivity index (χ2v) is 7.22. The number of nitrogens with one attached hydrogen (secondary N) is 1. The number of hydrogen-bond donors (Lipinski definition) is 2. The summed E-state index contributed by atoms with van der Waals surface area (Å²) in [4.78, 5) is 12.0. The lowest BCUT2D eigenvalue weighted by Gasteiger charge is -2.05. The number of aromatic nitrogens is 2. The Bertz CT molecular complexity index is 1050. The van der Waals surface area contributed by atoms with Crippen molar-refractivity contribution in [2.45, 2.75) is 25.7 Å². The topological polar surface area (TPSA) is 96.7 Å². The zero-order valence-electron chi connectivity index (χ0n) is 16.2. The van der Waals surface area contributed by atoms with Gasteiger partial charge >= 0.3 is 0 Å². The van der Waals surface area contributed by atoms with Crippen LogP contribution in [0.2, 0.25) is 5.02 Å². The standard InChI is InChI=1S/C22H21ClFN5O/c23-16-6-3-15(4-7-16)5-12-21(30)27-13-1-2-20-19(14-25)22(26)29(28-20)18-10-8-17(24)9-11-18/h3-4,6-11H,1-2,5,12-13,26H2,(H,27,30). The first-order valence-corrected chi connectivity index (χ1v) is 9.90. The summed E-state index contributed by atoms with van der Waals surface area (Å²) in [6.45, 7) is 0.466. The number of hydrogen-bond acceptors (Lipinski definition) is 4. The molecule has 0 atom stereocenters. The Morgan fingerprint density at radius 1 is 1.17 bits per heavy atom. The summed E-state index contributed by atoms with van der Waals surface area (Å²) in [5.74, 6) is -0.190. The van der Waals surface area contributed by atoms with E-state index in [9.17, 15) is 14.4 Å². The van der Waals surface area contributed by atoms with Gasteiger partial charge in [-0.3, -0.25) is 4.79 Å². The van der Waals surface area contributed by atoms with Gasteiger partial charge in [-0.2, -0.15) is 10.4 Å². The molecule has 0 fully saturated rings. The molecule has 8 heteroatoms. The number of nitrogens with two attached hydrogens (primary N) is 1. The molecule has 1 aromatic heterocycles. The number of carbonyl (C=O) groups is 1. The van der Waals surface area contributed by atoms with Crippen molar-refractivity contribution in [2.75, 3.05) is 12.3 Å². The van der Waals surface area contributed by atoms with E-state index in [1.54, 1.807) is 24.3 Å². The SMILES string of the molecule is N#Cc1c(CCCNC(=O)CCc2ccc(Cl)cc2)nn(-c2ccc(F)cc2)c1N. The molecular formula is C22H21ClFN5O. The van der Waals surface area contributed by atoms with Crippen LogP contribution in [0.3, 0.4) is 0 Å². The van der Waals surface area contributed by atoms with Gasteiger partial charge in [-0.25, -0.2) is 9.07 Å². The molecule has 0 spiro atoms. The van der Waals surface area contributed by atoms with Gasteiger partial charge in [-0.05, 0) is 61.2 Å². The van der Waals surface area contributed by atoms with Crippen LogP contribution in [0.4, 0.5) is 10.2 Å². The van der Waals surface area contributed by atoms with Crippen LogP contribution in [0.15, 0.2) is 48.5 Å². The maximum atomic E-state index is 13.1. The van der Waals surface area contributed by atoms with Gasteiger partial charge in [-0.15, -0.1) is 0 Å². The average Bonchev–Trinajstić information content (AvgIpc) is 3.06. The molecule has 0 bridgehead atoms. The smallest absolute Gasteiger partial charge is 0.220 e. The van der Waals surface area contributed by atoms with Crippen molar-refractivity contribution >= 4 is 23.3 Å². The van der Waals surface area contributed by atoms with Gasteiger partial charge in [0.2, 0.25) is 5.91 Å². The highest BCUT2D eigenvalue weighted by Gasteiger charge is 2.16. The molecule has 3 N–H and O–H groups in total. The molecule has 0 aliphatic carbocycles. The Kier molecular flexibility index (Phi) is 7.04. The highest BCUT2D eigenvalue weighted by atomic mass is 35.5. The van der Waals surface area contributed by atoms with E-state index in [0.717, 1.165) is 5.56 Å². The van der Waals surface area contributed by atoms with Crippen LogP contribution in [0.1, 0.15) is 29.7 Å². The van der Waals surface area contributed by atoms with Crippen molar-refractivity contribution in [3.63, 3.8) is 0 Å². The molecule has 1 amide bonds. The lowest BCUT2D eigenvalue weighted by Crippen LogP contribution is -2.25. The fourth-order valence-corrected chi connectivity index (χ4v) is 3.16. The van der Waals surface area contributed by atoms with E-state index in [4.69, 9.17) is 17.3 Å². The summed E-state index contributed by atoms with van der Waals surface area (Å²) < 4.78 is 14.6. The molecular weight excluding hydrogens is 405 g/mol. The normalized spacial score (nSPS) is 10.6. The van der Waals surface area contributed by atoms with E-state index >= 15 is 0 Å². The van der Waals surface area contributed by atoms with E-state index in [-0.39, 0.29) is 17.5 Å². The molecule has 2 aromatic carbocycles. The van der Waals surface area contributed by atoms with E-state index in [0.29, 0.717) is 54.2 Å². The predicted octanol–water partition coefficient (Wildman–Crippen LogP) is 3.80. The van der Waals surface area contributed by atoms with Gasteiger partial charge in [0.25, 0.3) is 0 Å². The molecule has 0 saturated heterocycles. The number of halogens is 2. The molecule has 0 saturated carbocycles. The monoisotopic (exact) mass is 425 g/mol. The third kappa shape index (κ3) is 5.37. The fourth-order valence-electron chi connectivity index (χ4n) is 3.04. The minimum atomic E-state index is -0.364. The van der Waals surface area contributed by atoms with E-state index < -0.39 is 0 Å². The minimum absolute atomic E-state index is 0.0400. The van der Waals surface area contributed by atoms with Gasteiger partial charge < -0.3 is 11.1 Å².